The SMILES string of the molecule is Cc1ccccc1N1N=C(c2ccccc2)C(=CNc2ccccc2)C1=O. The zero-order chi connectivity index (χ0) is 18.6. The highest BCUT2D eigenvalue weighted by atomic mass is 16.2. The van der Waals surface area contributed by atoms with E-state index in [-0.39, 0.29) is 5.91 Å². The van der Waals surface area contributed by atoms with Crippen molar-refractivity contribution in [3.63, 3.8) is 0 Å². The smallest absolute Gasteiger partial charge is 0.282 e. The van der Waals surface area contributed by atoms with Crippen LogP contribution in [-0.4, -0.2) is 11.6 Å². The van der Waals surface area contributed by atoms with E-state index in [9.17, 15) is 4.79 Å². The first-order valence-electron chi connectivity index (χ1n) is 8.80. The van der Waals surface area contributed by atoms with Gasteiger partial charge in [0.2, 0.25) is 0 Å². The highest BCUT2D eigenvalue weighted by molar-refractivity contribution is 6.35. The molecule has 3 aromatic carbocycles. The quantitative estimate of drug-likeness (QED) is 0.689. The molecule has 0 atom stereocenters. The Balaban J connectivity index is 1.76. The van der Waals surface area contributed by atoms with Gasteiger partial charge in [-0.05, 0) is 30.7 Å². The Labute approximate surface area is 158 Å². The summed E-state index contributed by atoms with van der Waals surface area (Å²) in [5, 5.41) is 9.35. The average Bonchev–Trinajstić information content (AvgIpc) is 3.04. The fourth-order valence-corrected chi connectivity index (χ4v) is 3.01. The Morgan fingerprint density at radius 1 is 0.852 bits per heavy atom. The Morgan fingerprint density at radius 3 is 2.19 bits per heavy atom. The van der Waals surface area contributed by atoms with Gasteiger partial charge >= 0.3 is 0 Å². The number of hydrazone groups is 1. The van der Waals surface area contributed by atoms with Crippen LogP contribution in [-0.2, 0) is 4.79 Å². The van der Waals surface area contributed by atoms with E-state index in [0.717, 1.165) is 22.5 Å². The molecular weight excluding hydrogens is 334 g/mol. The number of hydrogen-bond acceptors (Lipinski definition) is 3. The van der Waals surface area contributed by atoms with E-state index in [4.69, 9.17) is 0 Å². The van der Waals surface area contributed by atoms with E-state index in [2.05, 4.69) is 10.4 Å². The number of para-hydroxylation sites is 2. The highest BCUT2D eigenvalue weighted by Gasteiger charge is 2.32. The lowest BCUT2D eigenvalue weighted by Crippen LogP contribution is -2.22. The van der Waals surface area contributed by atoms with E-state index in [1.807, 2.05) is 91.9 Å². The van der Waals surface area contributed by atoms with Gasteiger partial charge in [-0.3, -0.25) is 4.79 Å². The third-order valence-corrected chi connectivity index (χ3v) is 4.43. The van der Waals surface area contributed by atoms with Crippen LogP contribution < -0.4 is 10.3 Å². The van der Waals surface area contributed by atoms with Crippen LogP contribution in [0.2, 0.25) is 0 Å². The van der Waals surface area contributed by atoms with Crippen LogP contribution in [0.4, 0.5) is 11.4 Å². The van der Waals surface area contributed by atoms with E-state index < -0.39 is 0 Å². The number of amides is 1. The predicted molar refractivity (Wildman–Crippen MR) is 110 cm³/mol. The topological polar surface area (TPSA) is 44.7 Å². The minimum Gasteiger partial charge on any atom is -0.361 e. The molecule has 1 N–H and O–H groups in total. The lowest BCUT2D eigenvalue weighted by atomic mass is 10.0. The van der Waals surface area contributed by atoms with Gasteiger partial charge < -0.3 is 5.32 Å². The number of rotatable bonds is 4. The first-order chi connectivity index (χ1) is 13.2. The highest BCUT2D eigenvalue weighted by Crippen LogP contribution is 2.28. The minimum atomic E-state index is -0.147. The molecule has 0 spiro atoms. The lowest BCUT2D eigenvalue weighted by molar-refractivity contribution is -0.114. The largest absolute Gasteiger partial charge is 0.361 e. The van der Waals surface area contributed by atoms with Gasteiger partial charge in [-0.2, -0.15) is 10.1 Å². The standard InChI is InChI=1S/C23H19N3O/c1-17-10-8-9-15-21(17)26-23(27)20(16-24-19-13-6-3-7-14-19)22(25-26)18-11-4-2-5-12-18/h2-16,24H,1H3. The molecule has 1 amide bonds. The molecule has 0 radical (unpaired) electrons. The van der Waals surface area contributed by atoms with E-state index in [1.165, 1.54) is 5.01 Å². The van der Waals surface area contributed by atoms with Gasteiger partial charge in [0.1, 0.15) is 5.71 Å². The molecule has 3 aromatic rings. The molecule has 132 valence electrons. The molecule has 0 saturated carbocycles. The van der Waals surface area contributed by atoms with Crippen molar-refractivity contribution in [2.45, 2.75) is 6.92 Å². The molecule has 4 rings (SSSR count). The van der Waals surface area contributed by atoms with E-state index >= 15 is 0 Å². The van der Waals surface area contributed by atoms with Crippen molar-refractivity contribution in [2.75, 3.05) is 10.3 Å². The Kier molecular flexibility index (Phi) is 4.54. The summed E-state index contributed by atoms with van der Waals surface area (Å²) in [7, 11) is 0. The number of aryl methyl sites for hydroxylation is 1. The van der Waals surface area contributed by atoms with Crippen molar-refractivity contribution in [1.82, 2.24) is 0 Å². The number of nitrogens with zero attached hydrogens (tertiary/aromatic N) is 2. The Hall–Kier alpha value is -3.66. The predicted octanol–water partition coefficient (Wildman–Crippen LogP) is 4.74. The van der Waals surface area contributed by atoms with Gasteiger partial charge in [-0.15, -0.1) is 0 Å². The van der Waals surface area contributed by atoms with Crippen molar-refractivity contribution in [3.05, 3.63) is 108 Å². The summed E-state index contributed by atoms with van der Waals surface area (Å²) in [6.07, 6.45) is 1.74. The summed E-state index contributed by atoms with van der Waals surface area (Å²) >= 11 is 0. The molecule has 1 aliphatic rings. The number of nitrogens with one attached hydrogen (secondary N) is 1. The molecule has 0 saturated heterocycles. The second-order valence-electron chi connectivity index (χ2n) is 6.29. The first-order valence-corrected chi connectivity index (χ1v) is 8.80. The van der Waals surface area contributed by atoms with Crippen LogP contribution in [0.5, 0.6) is 0 Å². The van der Waals surface area contributed by atoms with Crippen LogP contribution in [0.15, 0.2) is 102 Å². The third kappa shape index (κ3) is 3.37. The molecule has 1 heterocycles. The molecule has 4 nitrogen and oxygen atoms in total. The van der Waals surface area contributed by atoms with Crippen LogP contribution in [0, 0.1) is 6.92 Å². The molecule has 0 fully saturated rings. The molecule has 0 unspecified atom stereocenters. The third-order valence-electron chi connectivity index (χ3n) is 4.43. The molecule has 0 bridgehead atoms. The Bertz CT molecular complexity index is 1020. The zero-order valence-corrected chi connectivity index (χ0v) is 15.0. The summed E-state index contributed by atoms with van der Waals surface area (Å²) in [5.41, 5.74) is 4.81. The van der Waals surface area contributed by atoms with Crippen molar-refractivity contribution in [2.24, 2.45) is 5.10 Å². The monoisotopic (exact) mass is 353 g/mol. The molecule has 1 aliphatic heterocycles. The number of hydrogen-bond donors (Lipinski definition) is 1. The van der Waals surface area contributed by atoms with Gasteiger partial charge in [0.25, 0.3) is 5.91 Å². The van der Waals surface area contributed by atoms with Crippen molar-refractivity contribution < 1.29 is 4.79 Å². The summed E-state index contributed by atoms with van der Waals surface area (Å²) in [6.45, 7) is 1.98. The van der Waals surface area contributed by atoms with Crippen LogP contribution >= 0.6 is 0 Å². The maximum absolute atomic E-state index is 13.2. The van der Waals surface area contributed by atoms with E-state index in [0.29, 0.717) is 11.3 Å². The number of benzene rings is 3. The maximum atomic E-state index is 13.2. The first kappa shape index (κ1) is 16.8. The average molecular weight is 353 g/mol. The number of carbonyl (C=O) groups excluding carboxylic acids is 1. The fraction of sp³-hybridized carbons (Fsp3) is 0.0435. The zero-order valence-electron chi connectivity index (χ0n) is 15.0. The molecule has 27 heavy (non-hydrogen) atoms. The van der Waals surface area contributed by atoms with Crippen LogP contribution in [0.3, 0.4) is 0 Å². The van der Waals surface area contributed by atoms with Gasteiger partial charge in [-0.25, -0.2) is 0 Å². The van der Waals surface area contributed by atoms with Crippen molar-refractivity contribution >= 4 is 23.0 Å². The molecular formula is C23H19N3O. The fourth-order valence-electron chi connectivity index (χ4n) is 3.01. The van der Waals surface area contributed by atoms with Crippen molar-refractivity contribution in [3.8, 4) is 0 Å². The van der Waals surface area contributed by atoms with Crippen molar-refractivity contribution in [1.29, 1.82) is 0 Å². The molecule has 0 aliphatic carbocycles. The molecule has 0 aromatic heterocycles. The van der Waals surface area contributed by atoms with Gasteiger partial charge in [0, 0.05) is 17.5 Å². The van der Waals surface area contributed by atoms with Gasteiger partial charge in [0.15, 0.2) is 0 Å². The number of carbonyl (C=O) groups is 1. The van der Waals surface area contributed by atoms with Crippen LogP contribution in [0.1, 0.15) is 11.1 Å². The maximum Gasteiger partial charge on any atom is 0.282 e. The van der Waals surface area contributed by atoms with Gasteiger partial charge in [0.05, 0.1) is 11.3 Å². The van der Waals surface area contributed by atoms with Crippen LogP contribution in [0.25, 0.3) is 0 Å². The minimum absolute atomic E-state index is 0.147. The van der Waals surface area contributed by atoms with Gasteiger partial charge in [-0.1, -0.05) is 66.7 Å². The van der Waals surface area contributed by atoms with E-state index in [1.54, 1.807) is 6.20 Å². The summed E-state index contributed by atoms with van der Waals surface area (Å²) < 4.78 is 0. The lowest BCUT2D eigenvalue weighted by Gasteiger charge is -2.14. The Morgan fingerprint density at radius 2 is 1.48 bits per heavy atom. The second-order valence-corrected chi connectivity index (χ2v) is 6.29. The molecule has 4 heteroatoms. The second kappa shape index (κ2) is 7.30. The number of anilines is 2. The summed E-state index contributed by atoms with van der Waals surface area (Å²) in [4.78, 5) is 13.2. The summed E-state index contributed by atoms with van der Waals surface area (Å²) in [5.74, 6) is -0.147. The summed E-state index contributed by atoms with van der Waals surface area (Å²) in [6, 6.07) is 27.3. The normalized spacial score (nSPS) is 15.1.